The second kappa shape index (κ2) is 7.79. The monoisotopic (exact) mass is 329 g/mol. The largest absolute Gasteiger partial charge is 0.480 e. The SMILES string of the molecule is C=C(C)[C@H]1CN(C(=O)OC(C)(C)C)[C@H](C(=O)O)[C@H]1COCOC. The minimum Gasteiger partial charge on any atom is -0.480 e. The first-order chi connectivity index (χ1) is 10.6. The highest BCUT2D eigenvalue weighted by Gasteiger charge is 2.49. The van der Waals surface area contributed by atoms with E-state index in [1.54, 1.807) is 20.8 Å². The smallest absolute Gasteiger partial charge is 0.411 e. The quantitative estimate of drug-likeness (QED) is 0.456. The average Bonchev–Trinajstić information content (AvgIpc) is 2.77. The summed E-state index contributed by atoms with van der Waals surface area (Å²) < 4.78 is 15.5. The number of aliphatic carboxylic acids is 1. The molecule has 1 heterocycles. The number of ether oxygens (including phenoxy) is 3. The lowest BCUT2D eigenvalue weighted by Crippen LogP contribution is -2.46. The van der Waals surface area contributed by atoms with Crippen LogP contribution in [0.15, 0.2) is 12.2 Å². The van der Waals surface area contributed by atoms with E-state index in [0.717, 1.165) is 5.57 Å². The number of hydrogen-bond acceptors (Lipinski definition) is 5. The maximum absolute atomic E-state index is 12.4. The fourth-order valence-electron chi connectivity index (χ4n) is 2.73. The molecular formula is C16H27NO6. The molecule has 3 atom stereocenters. The molecule has 7 heteroatoms. The van der Waals surface area contributed by atoms with Crippen LogP contribution in [0.3, 0.4) is 0 Å². The minimum absolute atomic E-state index is 0.0676. The minimum atomic E-state index is -1.08. The van der Waals surface area contributed by atoms with Crippen LogP contribution < -0.4 is 0 Å². The van der Waals surface area contributed by atoms with Crippen LogP contribution in [0.4, 0.5) is 4.79 Å². The van der Waals surface area contributed by atoms with E-state index in [1.165, 1.54) is 12.0 Å². The Bertz CT molecular complexity index is 456. The molecule has 1 rings (SSSR count). The van der Waals surface area contributed by atoms with Crippen molar-refractivity contribution in [1.82, 2.24) is 4.90 Å². The molecule has 1 fully saturated rings. The zero-order chi connectivity index (χ0) is 17.8. The van der Waals surface area contributed by atoms with Crippen molar-refractivity contribution in [3.8, 4) is 0 Å². The molecule has 0 aliphatic carbocycles. The third-order valence-electron chi connectivity index (χ3n) is 3.68. The van der Waals surface area contributed by atoms with Crippen LogP contribution in [0, 0.1) is 11.8 Å². The van der Waals surface area contributed by atoms with Crippen molar-refractivity contribution in [2.24, 2.45) is 11.8 Å². The molecule has 0 unspecified atom stereocenters. The number of carbonyl (C=O) groups excluding carboxylic acids is 1. The van der Waals surface area contributed by atoms with E-state index in [-0.39, 0.29) is 25.9 Å². The Labute approximate surface area is 137 Å². The lowest BCUT2D eigenvalue weighted by molar-refractivity contribution is -0.145. The van der Waals surface area contributed by atoms with Crippen molar-refractivity contribution in [1.29, 1.82) is 0 Å². The van der Waals surface area contributed by atoms with Gasteiger partial charge in [-0.05, 0) is 27.7 Å². The summed E-state index contributed by atoms with van der Waals surface area (Å²) in [5, 5.41) is 9.59. The van der Waals surface area contributed by atoms with Gasteiger partial charge in [-0.3, -0.25) is 4.90 Å². The summed E-state index contributed by atoms with van der Waals surface area (Å²) in [5.41, 5.74) is 0.122. The normalized spacial score (nSPS) is 24.6. The lowest BCUT2D eigenvalue weighted by atomic mass is 9.87. The maximum Gasteiger partial charge on any atom is 0.411 e. The number of hydrogen-bond donors (Lipinski definition) is 1. The maximum atomic E-state index is 12.4. The summed E-state index contributed by atoms with van der Waals surface area (Å²) in [7, 11) is 1.49. The van der Waals surface area contributed by atoms with Gasteiger partial charge < -0.3 is 19.3 Å². The van der Waals surface area contributed by atoms with Gasteiger partial charge >= 0.3 is 12.1 Å². The first-order valence-corrected chi connectivity index (χ1v) is 7.53. The molecule has 0 radical (unpaired) electrons. The van der Waals surface area contributed by atoms with Gasteiger partial charge in [0.15, 0.2) is 0 Å². The molecule has 0 aromatic carbocycles. The Morgan fingerprint density at radius 3 is 2.39 bits per heavy atom. The molecule has 0 aromatic heterocycles. The first kappa shape index (κ1) is 19.4. The third kappa shape index (κ3) is 5.21. The highest BCUT2D eigenvalue weighted by atomic mass is 16.7. The summed E-state index contributed by atoms with van der Waals surface area (Å²) in [6, 6.07) is -1.01. The summed E-state index contributed by atoms with van der Waals surface area (Å²) in [6.45, 7) is 11.5. The molecule has 7 nitrogen and oxygen atoms in total. The molecule has 1 saturated heterocycles. The Morgan fingerprint density at radius 2 is 1.96 bits per heavy atom. The van der Waals surface area contributed by atoms with Gasteiger partial charge in [-0.25, -0.2) is 9.59 Å². The van der Waals surface area contributed by atoms with Crippen LogP contribution in [-0.4, -0.2) is 60.8 Å². The number of amides is 1. The zero-order valence-corrected chi connectivity index (χ0v) is 14.5. The van der Waals surface area contributed by atoms with Crippen LogP contribution >= 0.6 is 0 Å². The Hall–Kier alpha value is -1.60. The van der Waals surface area contributed by atoms with Crippen molar-refractivity contribution >= 4 is 12.1 Å². The third-order valence-corrected chi connectivity index (χ3v) is 3.68. The lowest BCUT2D eigenvalue weighted by Gasteiger charge is -2.28. The highest BCUT2D eigenvalue weighted by molar-refractivity contribution is 5.81. The van der Waals surface area contributed by atoms with Crippen molar-refractivity contribution < 1.29 is 28.9 Å². The predicted octanol–water partition coefficient (Wildman–Crippen LogP) is 2.12. The average molecular weight is 329 g/mol. The van der Waals surface area contributed by atoms with Gasteiger partial charge in [0, 0.05) is 25.5 Å². The van der Waals surface area contributed by atoms with Crippen LogP contribution in [0.25, 0.3) is 0 Å². The second-order valence-corrected chi connectivity index (χ2v) is 6.81. The standard InChI is InChI=1S/C16H27NO6/c1-10(2)11-7-17(15(20)23-16(3,4)5)13(14(18)19)12(11)8-22-9-21-6/h11-13H,1,7-9H2,2-6H3,(H,18,19)/t11-,12+,13+/m1/s1. The van der Waals surface area contributed by atoms with Gasteiger partial charge in [0.1, 0.15) is 18.4 Å². The van der Waals surface area contributed by atoms with Crippen LogP contribution in [-0.2, 0) is 19.0 Å². The summed E-state index contributed by atoms with van der Waals surface area (Å²) in [6.07, 6.45) is -0.634. The van der Waals surface area contributed by atoms with Crippen LogP contribution in [0.5, 0.6) is 0 Å². The number of likely N-dealkylation sites (tertiary alicyclic amines) is 1. The van der Waals surface area contributed by atoms with Crippen molar-refractivity contribution in [3.05, 3.63) is 12.2 Å². The molecular weight excluding hydrogens is 302 g/mol. The molecule has 23 heavy (non-hydrogen) atoms. The fraction of sp³-hybridized carbons (Fsp3) is 0.750. The Kier molecular flexibility index (Phi) is 6.58. The molecule has 0 bridgehead atoms. The fourth-order valence-corrected chi connectivity index (χ4v) is 2.73. The summed E-state index contributed by atoms with van der Waals surface area (Å²) in [5.74, 6) is -1.64. The first-order valence-electron chi connectivity index (χ1n) is 7.53. The predicted molar refractivity (Wildman–Crippen MR) is 84.0 cm³/mol. The number of nitrogens with zero attached hydrogens (tertiary/aromatic N) is 1. The summed E-state index contributed by atoms with van der Waals surface area (Å²) in [4.78, 5) is 25.3. The number of carboxylic acids is 1. The van der Waals surface area contributed by atoms with E-state index >= 15 is 0 Å². The van der Waals surface area contributed by atoms with Gasteiger partial charge in [-0.1, -0.05) is 12.2 Å². The summed E-state index contributed by atoms with van der Waals surface area (Å²) >= 11 is 0. The van der Waals surface area contributed by atoms with Gasteiger partial charge in [-0.15, -0.1) is 0 Å². The van der Waals surface area contributed by atoms with Crippen molar-refractivity contribution in [3.63, 3.8) is 0 Å². The van der Waals surface area contributed by atoms with Crippen molar-refractivity contribution in [2.75, 3.05) is 27.1 Å². The second-order valence-electron chi connectivity index (χ2n) is 6.81. The molecule has 1 N–H and O–H groups in total. The molecule has 1 aliphatic rings. The highest BCUT2D eigenvalue weighted by Crippen LogP contribution is 2.35. The van der Waals surface area contributed by atoms with E-state index in [2.05, 4.69) is 6.58 Å². The van der Waals surface area contributed by atoms with E-state index in [4.69, 9.17) is 14.2 Å². The van der Waals surface area contributed by atoms with Gasteiger partial charge in [0.2, 0.25) is 0 Å². The van der Waals surface area contributed by atoms with E-state index < -0.39 is 29.6 Å². The number of carbonyl (C=O) groups is 2. The Balaban J connectivity index is 3.00. The molecule has 0 saturated carbocycles. The van der Waals surface area contributed by atoms with Crippen LogP contribution in [0.2, 0.25) is 0 Å². The molecule has 1 amide bonds. The van der Waals surface area contributed by atoms with Gasteiger partial charge in [0.25, 0.3) is 0 Å². The van der Waals surface area contributed by atoms with Gasteiger partial charge in [0.05, 0.1) is 6.61 Å². The topological polar surface area (TPSA) is 85.3 Å². The molecule has 0 spiro atoms. The van der Waals surface area contributed by atoms with Crippen molar-refractivity contribution in [2.45, 2.75) is 39.3 Å². The number of rotatable bonds is 6. The van der Waals surface area contributed by atoms with E-state index in [9.17, 15) is 14.7 Å². The van der Waals surface area contributed by atoms with Gasteiger partial charge in [-0.2, -0.15) is 0 Å². The van der Waals surface area contributed by atoms with Crippen LogP contribution in [0.1, 0.15) is 27.7 Å². The van der Waals surface area contributed by atoms with E-state index in [0.29, 0.717) is 0 Å². The number of carboxylic acid groups (broad SMARTS) is 1. The molecule has 1 aliphatic heterocycles. The molecule has 0 aromatic rings. The number of methoxy groups -OCH3 is 1. The van der Waals surface area contributed by atoms with E-state index in [1.807, 2.05) is 6.92 Å². The molecule has 132 valence electrons. The zero-order valence-electron chi connectivity index (χ0n) is 14.5. The Morgan fingerprint density at radius 1 is 1.35 bits per heavy atom.